The predicted octanol–water partition coefficient (Wildman–Crippen LogP) is 3.18. The number of carbonyl (C=O) groups excluding carboxylic acids is 1. The zero-order chi connectivity index (χ0) is 21.4. The van der Waals surface area contributed by atoms with Crippen LogP contribution in [0.2, 0.25) is 0 Å². The normalized spacial score (nSPS) is 11.5. The molecule has 0 aliphatic rings. The average molecular weight is 418 g/mol. The maximum Gasteiger partial charge on any atom is 0.339 e. The Morgan fingerprint density at radius 2 is 2.10 bits per heavy atom. The summed E-state index contributed by atoms with van der Waals surface area (Å²) in [5.74, 6) is -1.02. The number of benzene rings is 1. The Hall–Kier alpha value is -3.27. The fourth-order valence-electron chi connectivity index (χ4n) is 2.37. The van der Waals surface area contributed by atoms with E-state index in [1.165, 1.54) is 37.2 Å². The SMILES string of the molecule is CCOC(=O)c1cc(C=NNC(=Nc2cc(C(=O)O)ccc2OC)SC)[nH]c1C. The number of hydrazone groups is 1. The lowest BCUT2D eigenvalue weighted by atomic mass is 10.2. The van der Waals surface area contributed by atoms with Gasteiger partial charge in [-0.2, -0.15) is 5.10 Å². The first-order valence-corrected chi connectivity index (χ1v) is 9.81. The van der Waals surface area contributed by atoms with Crippen LogP contribution >= 0.6 is 11.8 Å². The summed E-state index contributed by atoms with van der Waals surface area (Å²) in [6, 6.07) is 6.05. The van der Waals surface area contributed by atoms with Gasteiger partial charge in [0.05, 0.1) is 36.8 Å². The molecule has 2 rings (SSSR count). The first-order valence-electron chi connectivity index (χ1n) is 8.59. The molecule has 2 aromatic rings. The third-order valence-corrected chi connectivity index (χ3v) is 4.31. The number of aliphatic imine (C=N–C) groups is 1. The van der Waals surface area contributed by atoms with E-state index in [1.54, 1.807) is 32.2 Å². The predicted molar refractivity (Wildman–Crippen MR) is 113 cm³/mol. The number of ether oxygens (including phenoxy) is 2. The van der Waals surface area contributed by atoms with Crippen molar-refractivity contribution >= 4 is 40.8 Å². The van der Waals surface area contributed by atoms with Crippen LogP contribution in [0.3, 0.4) is 0 Å². The quantitative estimate of drug-likeness (QED) is 0.273. The van der Waals surface area contributed by atoms with Crippen LogP contribution in [0.1, 0.15) is 39.0 Å². The number of carboxylic acid groups (broad SMARTS) is 1. The van der Waals surface area contributed by atoms with Gasteiger partial charge in [-0.3, -0.25) is 5.43 Å². The number of aromatic amines is 1. The van der Waals surface area contributed by atoms with Crippen LogP contribution in [0.25, 0.3) is 0 Å². The molecular weight excluding hydrogens is 396 g/mol. The highest BCUT2D eigenvalue weighted by Crippen LogP contribution is 2.29. The van der Waals surface area contributed by atoms with Crippen LogP contribution < -0.4 is 10.2 Å². The molecule has 0 unspecified atom stereocenters. The highest BCUT2D eigenvalue weighted by molar-refractivity contribution is 8.13. The number of hydrogen-bond acceptors (Lipinski definition) is 7. The number of hydrogen-bond donors (Lipinski definition) is 3. The largest absolute Gasteiger partial charge is 0.494 e. The number of nitrogens with one attached hydrogen (secondary N) is 2. The number of aryl methyl sites for hydroxylation is 1. The van der Waals surface area contributed by atoms with Gasteiger partial charge in [0.2, 0.25) is 0 Å². The van der Waals surface area contributed by atoms with Crippen molar-refractivity contribution in [2.45, 2.75) is 13.8 Å². The highest BCUT2D eigenvalue weighted by Gasteiger charge is 2.13. The summed E-state index contributed by atoms with van der Waals surface area (Å²) in [6.45, 7) is 3.82. The number of thioether (sulfide) groups is 1. The van der Waals surface area contributed by atoms with E-state index in [0.29, 0.717) is 40.2 Å². The van der Waals surface area contributed by atoms with Crippen molar-refractivity contribution in [3.8, 4) is 5.75 Å². The van der Waals surface area contributed by atoms with E-state index in [9.17, 15) is 9.59 Å². The fraction of sp³-hybridized carbons (Fsp3) is 0.263. The van der Waals surface area contributed by atoms with Crippen molar-refractivity contribution in [1.82, 2.24) is 10.4 Å². The molecule has 0 aliphatic heterocycles. The van der Waals surface area contributed by atoms with Gasteiger partial charge in [-0.15, -0.1) is 0 Å². The summed E-state index contributed by atoms with van der Waals surface area (Å²) in [5.41, 5.74) is 4.99. The summed E-state index contributed by atoms with van der Waals surface area (Å²) in [4.78, 5) is 30.5. The number of H-pyrrole nitrogens is 1. The summed E-state index contributed by atoms with van der Waals surface area (Å²) < 4.78 is 10.2. The van der Waals surface area contributed by atoms with E-state index in [1.807, 2.05) is 0 Å². The number of rotatable bonds is 7. The van der Waals surface area contributed by atoms with Gasteiger partial charge in [-0.05, 0) is 44.4 Å². The minimum Gasteiger partial charge on any atom is -0.494 e. The van der Waals surface area contributed by atoms with Crippen LogP contribution in [0, 0.1) is 6.92 Å². The highest BCUT2D eigenvalue weighted by atomic mass is 32.2. The summed E-state index contributed by atoms with van der Waals surface area (Å²) >= 11 is 1.29. The molecule has 0 atom stereocenters. The van der Waals surface area contributed by atoms with Crippen molar-refractivity contribution in [2.24, 2.45) is 10.1 Å². The van der Waals surface area contributed by atoms with E-state index in [-0.39, 0.29) is 5.56 Å². The molecule has 0 saturated heterocycles. The smallest absolute Gasteiger partial charge is 0.339 e. The second kappa shape index (κ2) is 10.3. The van der Waals surface area contributed by atoms with Crippen molar-refractivity contribution in [2.75, 3.05) is 20.0 Å². The Balaban J connectivity index is 2.18. The molecule has 0 radical (unpaired) electrons. The topological polar surface area (TPSA) is 125 Å². The number of carboxylic acids is 1. The van der Waals surface area contributed by atoms with Crippen LogP contribution in [-0.2, 0) is 4.74 Å². The van der Waals surface area contributed by atoms with Gasteiger partial charge in [0.25, 0.3) is 0 Å². The van der Waals surface area contributed by atoms with E-state index < -0.39 is 11.9 Å². The number of methoxy groups -OCH3 is 1. The zero-order valence-corrected chi connectivity index (χ0v) is 17.3. The van der Waals surface area contributed by atoms with Crippen molar-refractivity contribution in [3.05, 3.63) is 46.8 Å². The molecule has 0 aliphatic carbocycles. The monoisotopic (exact) mass is 418 g/mol. The lowest BCUT2D eigenvalue weighted by Gasteiger charge is -2.07. The first-order chi connectivity index (χ1) is 13.9. The third kappa shape index (κ3) is 5.85. The Morgan fingerprint density at radius 3 is 2.72 bits per heavy atom. The third-order valence-electron chi connectivity index (χ3n) is 3.74. The number of nitrogens with zero attached hydrogens (tertiary/aromatic N) is 2. The molecule has 29 heavy (non-hydrogen) atoms. The van der Waals surface area contributed by atoms with Crippen molar-refractivity contribution < 1.29 is 24.2 Å². The average Bonchev–Trinajstić information content (AvgIpc) is 3.07. The number of esters is 1. The number of aromatic nitrogens is 1. The van der Waals surface area contributed by atoms with Gasteiger partial charge in [-0.25, -0.2) is 14.6 Å². The second-order valence-corrected chi connectivity index (χ2v) is 6.46. The number of carbonyl (C=O) groups is 2. The first kappa shape index (κ1) is 22.0. The van der Waals surface area contributed by atoms with Crippen LogP contribution in [0.15, 0.2) is 34.4 Å². The summed E-state index contributed by atoms with van der Waals surface area (Å²) in [7, 11) is 1.48. The van der Waals surface area contributed by atoms with Gasteiger partial charge in [-0.1, -0.05) is 11.8 Å². The lowest BCUT2D eigenvalue weighted by molar-refractivity contribution is 0.0525. The van der Waals surface area contributed by atoms with Gasteiger partial charge in [0.15, 0.2) is 5.17 Å². The Labute approximate surface area is 172 Å². The van der Waals surface area contributed by atoms with E-state index in [2.05, 4.69) is 20.5 Å². The molecular formula is C19H22N4O5S. The molecule has 3 N–H and O–H groups in total. The van der Waals surface area contributed by atoms with E-state index in [0.717, 1.165) is 0 Å². The second-order valence-electron chi connectivity index (χ2n) is 5.67. The molecule has 0 amide bonds. The Morgan fingerprint density at radius 1 is 1.34 bits per heavy atom. The Kier molecular flexibility index (Phi) is 7.84. The molecule has 0 fully saturated rings. The van der Waals surface area contributed by atoms with E-state index >= 15 is 0 Å². The molecule has 154 valence electrons. The molecule has 0 bridgehead atoms. The van der Waals surface area contributed by atoms with Gasteiger partial charge in [0.1, 0.15) is 11.4 Å². The van der Waals surface area contributed by atoms with Crippen LogP contribution in [0.5, 0.6) is 5.75 Å². The summed E-state index contributed by atoms with van der Waals surface area (Å²) in [5, 5.41) is 13.7. The molecule has 1 aromatic carbocycles. The molecule has 1 heterocycles. The molecule has 0 spiro atoms. The van der Waals surface area contributed by atoms with Crippen LogP contribution in [0.4, 0.5) is 5.69 Å². The van der Waals surface area contributed by atoms with Crippen molar-refractivity contribution in [1.29, 1.82) is 0 Å². The maximum absolute atomic E-state index is 11.9. The standard InChI is InChI=1S/C19H22N4O5S/c1-5-28-18(26)14-9-13(21-11(14)2)10-20-23-19(29-4)22-15-8-12(17(24)25)6-7-16(15)27-3/h6-10,21H,5H2,1-4H3,(H,22,23)(H,24,25). The van der Waals surface area contributed by atoms with Gasteiger partial charge in [0, 0.05) is 5.69 Å². The minimum absolute atomic E-state index is 0.0989. The Bertz CT molecular complexity index is 952. The summed E-state index contributed by atoms with van der Waals surface area (Å²) in [6.07, 6.45) is 3.30. The molecule has 0 saturated carbocycles. The van der Waals surface area contributed by atoms with E-state index in [4.69, 9.17) is 14.6 Å². The number of aromatic carboxylic acids is 1. The minimum atomic E-state index is -1.06. The number of amidine groups is 1. The zero-order valence-electron chi connectivity index (χ0n) is 16.5. The molecule has 1 aromatic heterocycles. The molecule has 9 nitrogen and oxygen atoms in total. The maximum atomic E-state index is 11.9. The van der Waals surface area contributed by atoms with Crippen LogP contribution in [-0.4, -0.2) is 53.4 Å². The lowest BCUT2D eigenvalue weighted by Crippen LogP contribution is -2.13. The van der Waals surface area contributed by atoms with Gasteiger partial charge >= 0.3 is 11.9 Å². The fourth-order valence-corrected chi connectivity index (χ4v) is 2.70. The van der Waals surface area contributed by atoms with Gasteiger partial charge < -0.3 is 19.6 Å². The molecule has 10 heteroatoms. The van der Waals surface area contributed by atoms with Crippen molar-refractivity contribution in [3.63, 3.8) is 0 Å².